The van der Waals surface area contributed by atoms with Crippen LogP contribution in [0.1, 0.15) is 24.2 Å². The second kappa shape index (κ2) is 8.08. The van der Waals surface area contributed by atoms with Gasteiger partial charge in [0.15, 0.2) is 6.29 Å². The minimum absolute atomic E-state index is 0.0907. The molecule has 0 aliphatic carbocycles. The van der Waals surface area contributed by atoms with Crippen molar-refractivity contribution in [1.29, 1.82) is 0 Å². The monoisotopic (exact) mass is 382 g/mol. The quantitative estimate of drug-likeness (QED) is 0.459. The summed E-state index contributed by atoms with van der Waals surface area (Å²) in [4.78, 5) is 11.8. The van der Waals surface area contributed by atoms with Crippen molar-refractivity contribution in [3.8, 4) is 34.3 Å². The van der Waals surface area contributed by atoms with E-state index in [2.05, 4.69) is 0 Å². The van der Waals surface area contributed by atoms with E-state index in [1.165, 1.54) is 20.3 Å². The fourth-order valence-electron chi connectivity index (χ4n) is 2.89. The van der Waals surface area contributed by atoms with Crippen LogP contribution >= 0.6 is 0 Å². The van der Waals surface area contributed by atoms with Crippen LogP contribution < -0.4 is 14.2 Å². The number of methoxy groups -OCH3 is 2. The highest BCUT2D eigenvalue weighted by molar-refractivity contribution is 6.06. The minimum atomic E-state index is -0.0907. The van der Waals surface area contributed by atoms with Crippen molar-refractivity contribution in [2.75, 3.05) is 20.8 Å². The van der Waals surface area contributed by atoms with Crippen LogP contribution in [0.4, 0.5) is 0 Å². The molecule has 0 radical (unpaired) electrons. The van der Waals surface area contributed by atoms with Crippen LogP contribution in [-0.2, 0) is 0 Å². The maximum Gasteiger partial charge on any atom is 0.154 e. The molecule has 1 aromatic heterocycles. The third-order valence-corrected chi connectivity index (χ3v) is 4.29. The number of fused-ring (bicyclic) bond motifs is 1. The van der Waals surface area contributed by atoms with Crippen molar-refractivity contribution in [1.82, 2.24) is 0 Å². The van der Waals surface area contributed by atoms with Gasteiger partial charge in [0.2, 0.25) is 0 Å². The zero-order valence-corrected chi connectivity index (χ0v) is 16.2. The molecule has 0 spiro atoms. The number of allylic oxidation sites excluding steroid dienone is 1. The number of benzene rings is 2. The van der Waals surface area contributed by atoms with Crippen LogP contribution in [-0.4, -0.2) is 32.2 Å². The SMILES string of the molecule is COc1cc(O)c2c(C=O)c(-c3ccc(OCC=C(C)C)cc3OC)oc2c1. The van der Waals surface area contributed by atoms with Gasteiger partial charge in [0, 0.05) is 18.2 Å². The Morgan fingerprint density at radius 1 is 1.11 bits per heavy atom. The lowest BCUT2D eigenvalue weighted by Crippen LogP contribution is -1.96. The largest absolute Gasteiger partial charge is 0.507 e. The molecule has 28 heavy (non-hydrogen) atoms. The van der Waals surface area contributed by atoms with Gasteiger partial charge in [-0.1, -0.05) is 5.57 Å². The predicted octanol–water partition coefficient (Wildman–Crippen LogP) is 4.98. The van der Waals surface area contributed by atoms with Crippen LogP contribution in [0.3, 0.4) is 0 Å². The lowest BCUT2D eigenvalue weighted by Gasteiger charge is -2.10. The van der Waals surface area contributed by atoms with E-state index in [1.54, 1.807) is 24.3 Å². The average molecular weight is 382 g/mol. The summed E-state index contributed by atoms with van der Waals surface area (Å²) < 4.78 is 22.2. The van der Waals surface area contributed by atoms with Gasteiger partial charge in [-0.05, 0) is 32.1 Å². The van der Waals surface area contributed by atoms with Gasteiger partial charge >= 0.3 is 0 Å². The van der Waals surface area contributed by atoms with Gasteiger partial charge in [-0.3, -0.25) is 4.79 Å². The third kappa shape index (κ3) is 3.67. The Morgan fingerprint density at radius 2 is 1.89 bits per heavy atom. The van der Waals surface area contributed by atoms with Gasteiger partial charge < -0.3 is 23.7 Å². The van der Waals surface area contributed by atoms with Crippen LogP contribution in [0.15, 0.2) is 46.4 Å². The van der Waals surface area contributed by atoms with E-state index in [9.17, 15) is 9.90 Å². The fourth-order valence-corrected chi connectivity index (χ4v) is 2.89. The van der Waals surface area contributed by atoms with Crippen molar-refractivity contribution >= 4 is 17.3 Å². The predicted molar refractivity (Wildman–Crippen MR) is 107 cm³/mol. The first-order valence-corrected chi connectivity index (χ1v) is 8.71. The van der Waals surface area contributed by atoms with Crippen LogP contribution in [0, 0.1) is 0 Å². The minimum Gasteiger partial charge on any atom is -0.507 e. The molecule has 0 amide bonds. The molecule has 0 saturated heterocycles. The fraction of sp³-hybridized carbons (Fsp3) is 0.227. The molecule has 2 aromatic carbocycles. The van der Waals surface area contributed by atoms with Gasteiger partial charge in [0.05, 0.1) is 30.7 Å². The second-order valence-electron chi connectivity index (χ2n) is 6.44. The molecule has 1 N–H and O–H groups in total. The van der Waals surface area contributed by atoms with Gasteiger partial charge in [-0.25, -0.2) is 0 Å². The number of phenols is 1. The Hall–Kier alpha value is -3.41. The average Bonchev–Trinajstić information content (AvgIpc) is 3.06. The summed E-state index contributed by atoms with van der Waals surface area (Å²) in [6.45, 7) is 4.45. The standard InChI is InChI=1S/C22H22O6/c1-13(2)7-8-27-14-5-6-16(19(10-14)26-4)22-17(12-23)21-18(24)9-15(25-3)11-20(21)28-22/h5-7,9-12,24H,8H2,1-4H3. The molecule has 0 bridgehead atoms. The first-order valence-electron chi connectivity index (χ1n) is 8.71. The van der Waals surface area contributed by atoms with E-state index in [4.69, 9.17) is 18.6 Å². The number of hydrogen-bond donors (Lipinski definition) is 1. The summed E-state index contributed by atoms with van der Waals surface area (Å²) in [6.07, 6.45) is 2.63. The number of ether oxygens (including phenoxy) is 3. The van der Waals surface area contributed by atoms with Crippen molar-refractivity contribution < 1.29 is 28.5 Å². The summed E-state index contributed by atoms with van der Waals surface area (Å²) in [5.74, 6) is 1.76. The van der Waals surface area contributed by atoms with Crippen LogP contribution in [0.2, 0.25) is 0 Å². The molecule has 3 aromatic rings. The Balaban J connectivity index is 2.09. The summed E-state index contributed by atoms with van der Waals surface area (Å²) in [7, 11) is 3.02. The molecule has 0 fully saturated rings. The Morgan fingerprint density at radius 3 is 2.54 bits per heavy atom. The summed E-state index contributed by atoms with van der Waals surface area (Å²) in [5, 5.41) is 10.6. The molecule has 0 atom stereocenters. The Bertz CT molecular complexity index is 1040. The van der Waals surface area contributed by atoms with Gasteiger partial charge in [-0.15, -0.1) is 0 Å². The summed E-state index contributed by atoms with van der Waals surface area (Å²) >= 11 is 0. The number of furan rings is 1. The molecule has 6 nitrogen and oxygen atoms in total. The van der Waals surface area contributed by atoms with Gasteiger partial charge in [-0.2, -0.15) is 0 Å². The third-order valence-electron chi connectivity index (χ3n) is 4.29. The molecule has 0 aliphatic rings. The van der Waals surface area contributed by atoms with E-state index in [-0.39, 0.29) is 11.3 Å². The number of carbonyl (C=O) groups is 1. The van der Waals surface area contributed by atoms with E-state index in [0.29, 0.717) is 52.4 Å². The molecule has 0 aliphatic heterocycles. The molecule has 0 saturated carbocycles. The molecule has 0 unspecified atom stereocenters. The number of hydrogen-bond acceptors (Lipinski definition) is 6. The lowest BCUT2D eigenvalue weighted by molar-refractivity contribution is 0.112. The van der Waals surface area contributed by atoms with Crippen LogP contribution in [0.25, 0.3) is 22.3 Å². The summed E-state index contributed by atoms with van der Waals surface area (Å²) in [5.41, 5.74) is 2.33. The van der Waals surface area contributed by atoms with Gasteiger partial charge in [0.1, 0.15) is 40.9 Å². The number of aldehydes is 1. The maximum absolute atomic E-state index is 11.8. The number of rotatable bonds is 7. The van der Waals surface area contributed by atoms with Crippen molar-refractivity contribution in [3.05, 3.63) is 47.5 Å². The normalized spacial score (nSPS) is 10.6. The second-order valence-corrected chi connectivity index (χ2v) is 6.44. The van der Waals surface area contributed by atoms with Gasteiger partial charge in [0.25, 0.3) is 0 Å². The summed E-state index contributed by atoms with van der Waals surface area (Å²) in [6, 6.07) is 8.33. The number of carbonyl (C=O) groups excluding carboxylic acids is 1. The van der Waals surface area contributed by atoms with Crippen molar-refractivity contribution in [3.63, 3.8) is 0 Å². The highest BCUT2D eigenvalue weighted by atomic mass is 16.5. The smallest absolute Gasteiger partial charge is 0.154 e. The molecular formula is C22H22O6. The number of phenolic OH excluding ortho intramolecular Hbond substituents is 1. The van der Waals surface area contributed by atoms with Crippen LogP contribution in [0.5, 0.6) is 23.0 Å². The van der Waals surface area contributed by atoms with E-state index < -0.39 is 0 Å². The van der Waals surface area contributed by atoms with E-state index in [1.807, 2.05) is 19.9 Å². The van der Waals surface area contributed by atoms with Crippen molar-refractivity contribution in [2.24, 2.45) is 0 Å². The molecule has 1 heterocycles. The Kier molecular flexibility index (Phi) is 5.59. The number of aromatic hydroxyl groups is 1. The lowest BCUT2D eigenvalue weighted by atomic mass is 10.0. The molecule has 146 valence electrons. The first kappa shape index (κ1) is 19.4. The molecule has 6 heteroatoms. The maximum atomic E-state index is 11.8. The molecular weight excluding hydrogens is 360 g/mol. The van der Waals surface area contributed by atoms with Crippen molar-refractivity contribution in [2.45, 2.75) is 13.8 Å². The van der Waals surface area contributed by atoms with E-state index in [0.717, 1.165) is 5.57 Å². The van der Waals surface area contributed by atoms with E-state index >= 15 is 0 Å². The highest BCUT2D eigenvalue weighted by Gasteiger charge is 2.22. The Labute approximate surface area is 162 Å². The zero-order valence-electron chi connectivity index (χ0n) is 16.2. The highest BCUT2D eigenvalue weighted by Crippen LogP contribution is 2.43. The molecule has 3 rings (SSSR count). The zero-order chi connectivity index (χ0) is 20.3. The first-order chi connectivity index (χ1) is 13.5. The topological polar surface area (TPSA) is 78.1 Å².